The first-order valence-electron chi connectivity index (χ1n) is 8.25. The summed E-state index contributed by atoms with van der Waals surface area (Å²) in [4.78, 5) is 2.86. The third kappa shape index (κ3) is 3.48. The van der Waals surface area contributed by atoms with Crippen molar-refractivity contribution >= 4 is 0 Å². The van der Waals surface area contributed by atoms with E-state index in [-0.39, 0.29) is 0 Å². The average molecular weight is 252 g/mol. The van der Waals surface area contributed by atoms with Crippen molar-refractivity contribution in [1.82, 2.24) is 4.90 Å². The first-order chi connectivity index (χ1) is 8.74. The van der Waals surface area contributed by atoms with Gasteiger partial charge in [-0.1, -0.05) is 20.3 Å². The van der Waals surface area contributed by atoms with E-state index in [1.165, 1.54) is 64.3 Å². The highest BCUT2D eigenvalue weighted by Crippen LogP contribution is 2.35. The van der Waals surface area contributed by atoms with Gasteiger partial charge in [0.15, 0.2) is 0 Å². The van der Waals surface area contributed by atoms with Crippen LogP contribution >= 0.6 is 0 Å². The van der Waals surface area contributed by atoms with E-state index in [4.69, 9.17) is 5.73 Å². The molecular weight excluding hydrogens is 220 g/mol. The van der Waals surface area contributed by atoms with E-state index in [1.54, 1.807) is 0 Å². The van der Waals surface area contributed by atoms with Gasteiger partial charge in [-0.3, -0.25) is 4.90 Å². The Kier molecular flexibility index (Phi) is 5.50. The summed E-state index contributed by atoms with van der Waals surface area (Å²) in [5, 5.41) is 0. The van der Waals surface area contributed by atoms with Gasteiger partial charge in [-0.15, -0.1) is 0 Å². The summed E-state index contributed by atoms with van der Waals surface area (Å²) in [5.41, 5.74) is 6.05. The molecule has 2 heteroatoms. The lowest BCUT2D eigenvalue weighted by atomic mass is 9.89. The van der Waals surface area contributed by atoms with Crippen molar-refractivity contribution in [3.8, 4) is 0 Å². The summed E-state index contributed by atoms with van der Waals surface area (Å²) in [6.45, 7) is 5.99. The molecule has 0 saturated heterocycles. The number of nitrogens with zero attached hydrogens (tertiary/aromatic N) is 1. The maximum atomic E-state index is 6.05. The van der Waals surface area contributed by atoms with E-state index < -0.39 is 0 Å². The molecule has 2 atom stereocenters. The summed E-state index contributed by atoms with van der Waals surface area (Å²) >= 11 is 0. The molecule has 2 aliphatic rings. The van der Waals surface area contributed by atoms with E-state index in [9.17, 15) is 0 Å². The van der Waals surface area contributed by atoms with E-state index in [0.29, 0.717) is 6.04 Å². The molecule has 0 heterocycles. The van der Waals surface area contributed by atoms with Crippen molar-refractivity contribution in [3.05, 3.63) is 0 Å². The smallest absolute Gasteiger partial charge is 0.0101 e. The lowest BCUT2D eigenvalue weighted by Gasteiger charge is -2.40. The molecule has 0 bridgehead atoms. The van der Waals surface area contributed by atoms with Gasteiger partial charge >= 0.3 is 0 Å². The first kappa shape index (κ1) is 14.3. The van der Waals surface area contributed by atoms with Gasteiger partial charge in [-0.25, -0.2) is 0 Å². The zero-order valence-electron chi connectivity index (χ0n) is 12.4. The van der Waals surface area contributed by atoms with Crippen molar-refractivity contribution in [1.29, 1.82) is 0 Å². The van der Waals surface area contributed by atoms with Crippen LogP contribution in [0.2, 0.25) is 0 Å². The van der Waals surface area contributed by atoms with Gasteiger partial charge in [0.25, 0.3) is 0 Å². The van der Waals surface area contributed by atoms with E-state index in [2.05, 4.69) is 18.7 Å². The molecule has 0 aromatic carbocycles. The molecule has 106 valence electrons. The fourth-order valence-corrected chi connectivity index (χ4v) is 4.08. The van der Waals surface area contributed by atoms with Gasteiger partial charge in [-0.2, -0.15) is 0 Å². The van der Waals surface area contributed by atoms with Crippen LogP contribution in [-0.2, 0) is 0 Å². The molecule has 2 unspecified atom stereocenters. The van der Waals surface area contributed by atoms with E-state index in [0.717, 1.165) is 18.0 Å². The third-order valence-electron chi connectivity index (χ3n) is 5.25. The number of nitrogens with two attached hydrogens (primary N) is 1. The number of hydrogen-bond acceptors (Lipinski definition) is 2. The molecule has 18 heavy (non-hydrogen) atoms. The standard InChI is InChI=1S/C16H32N2/c1-3-11-18(15-9-6-14(17)7-10-15)16-8-5-13(4-2)12-16/h13-16H,3-12,17H2,1-2H3. The van der Waals surface area contributed by atoms with Crippen LogP contribution in [0.15, 0.2) is 0 Å². The van der Waals surface area contributed by atoms with Crippen LogP contribution in [0, 0.1) is 5.92 Å². The monoisotopic (exact) mass is 252 g/mol. The molecule has 2 N–H and O–H groups in total. The Morgan fingerprint density at radius 3 is 2.17 bits per heavy atom. The topological polar surface area (TPSA) is 29.3 Å². The Balaban J connectivity index is 1.91. The Morgan fingerprint density at radius 1 is 0.944 bits per heavy atom. The Bertz CT molecular complexity index is 231. The SMILES string of the molecule is CCCN(C1CCC(N)CC1)C1CCC(CC)C1. The Morgan fingerprint density at radius 2 is 1.61 bits per heavy atom. The molecule has 2 rings (SSSR count). The molecule has 0 radical (unpaired) electrons. The molecule has 2 saturated carbocycles. The van der Waals surface area contributed by atoms with Crippen LogP contribution in [0.4, 0.5) is 0 Å². The third-order valence-corrected chi connectivity index (χ3v) is 5.25. The minimum Gasteiger partial charge on any atom is -0.328 e. The van der Waals surface area contributed by atoms with Crippen LogP contribution in [0.3, 0.4) is 0 Å². The molecule has 0 aliphatic heterocycles. The van der Waals surface area contributed by atoms with Crippen molar-refractivity contribution in [3.63, 3.8) is 0 Å². The van der Waals surface area contributed by atoms with Crippen LogP contribution < -0.4 is 5.73 Å². The lowest BCUT2D eigenvalue weighted by Crippen LogP contribution is -2.46. The predicted molar refractivity (Wildman–Crippen MR) is 78.6 cm³/mol. The van der Waals surface area contributed by atoms with Crippen LogP contribution in [0.25, 0.3) is 0 Å². The summed E-state index contributed by atoms with van der Waals surface area (Å²) in [6.07, 6.45) is 12.2. The second kappa shape index (κ2) is 6.91. The van der Waals surface area contributed by atoms with Crippen molar-refractivity contribution in [2.24, 2.45) is 11.7 Å². The fraction of sp³-hybridized carbons (Fsp3) is 1.00. The summed E-state index contributed by atoms with van der Waals surface area (Å²) < 4.78 is 0. The minimum atomic E-state index is 0.483. The molecule has 2 aliphatic carbocycles. The lowest BCUT2D eigenvalue weighted by molar-refractivity contribution is 0.0993. The van der Waals surface area contributed by atoms with Gasteiger partial charge in [0.2, 0.25) is 0 Å². The van der Waals surface area contributed by atoms with Crippen LogP contribution in [0.1, 0.15) is 71.6 Å². The predicted octanol–water partition coefficient (Wildman–Crippen LogP) is 3.55. The van der Waals surface area contributed by atoms with Crippen molar-refractivity contribution in [2.45, 2.75) is 89.8 Å². The van der Waals surface area contributed by atoms with E-state index >= 15 is 0 Å². The fourth-order valence-electron chi connectivity index (χ4n) is 4.08. The quantitative estimate of drug-likeness (QED) is 0.811. The highest BCUT2D eigenvalue weighted by atomic mass is 15.2. The van der Waals surface area contributed by atoms with Gasteiger partial charge in [0, 0.05) is 18.1 Å². The molecule has 2 nitrogen and oxygen atoms in total. The minimum absolute atomic E-state index is 0.483. The maximum Gasteiger partial charge on any atom is 0.0101 e. The largest absolute Gasteiger partial charge is 0.328 e. The van der Waals surface area contributed by atoms with Crippen LogP contribution in [0.5, 0.6) is 0 Å². The second-order valence-corrected chi connectivity index (χ2v) is 6.55. The number of rotatable bonds is 5. The number of hydrogen-bond donors (Lipinski definition) is 1. The molecule has 0 aromatic rings. The summed E-state index contributed by atoms with van der Waals surface area (Å²) in [7, 11) is 0. The highest BCUT2D eigenvalue weighted by Gasteiger charge is 2.33. The second-order valence-electron chi connectivity index (χ2n) is 6.55. The van der Waals surface area contributed by atoms with Crippen molar-refractivity contribution < 1.29 is 0 Å². The first-order valence-corrected chi connectivity index (χ1v) is 8.25. The Hall–Kier alpha value is -0.0800. The Labute approximate surface area is 113 Å². The zero-order valence-corrected chi connectivity index (χ0v) is 12.4. The normalized spacial score (nSPS) is 37.3. The highest BCUT2D eigenvalue weighted by molar-refractivity contribution is 4.89. The summed E-state index contributed by atoms with van der Waals surface area (Å²) in [5.74, 6) is 1.00. The average Bonchev–Trinajstić information content (AvgIpc) is 2.86. The molecule has 0 amide bonds. The molecule has 2 fully saturated rings. The molecule has 0 spiro atoms. The van der Waals surface area contributed by atoms with E-state index in [1.807, 2.05) is 0 Å². The van der Waals surface area contributed by atoms with Crippen molar-refractivity contribution in [2.75, 3.05) is 6.54 Å². The summed E-state index contributed by atoms with van der Waals surface area (Å²) in [6, 6.07) is 2.20. The maximum absolute atomic E-state index is 6.05. The van der Waals surface area contributed by atoms with Gasteiger partial charge in [0.05, 0.1) is 0 Å². The molecule has 0 aromatic heterocycles. The molecular formula is C16H32N2. The van der Waals surface area contributed by atoms with Gasteiger partial charge < -0.3 is 5.73 Å². The zero-order chi connectivity index (χ0) is 13.0. The van der Waals surface area contributed by atoms with Gasteiger partial charge in [-0.05, 0) is 63.8 Å². The van der Waals surface area contributed by atoms with Crippen LogP contribution in [-0.4, -0.2) is 29.6 Å². The van der Waals surface area contributed by atoms with Gasteiger partial charge in [0.1, 0.15) is 0 Å².